The second-order valence-electron chi connectivity index (χ2n) is 7.10. The smallest absolute Gasteiger partial charge is 0.235 e. The van der Waals surface area contributed by atoms with Crippen molar-refractivity contribution in [3.05, 3.63) is 59.8 Å². The zero-order valence-corrected chi connectivity index (χ0v) is 17.2. The third-order valence-electron chi connectivity index (χ3n) is 5.25. The third kappa shape index (κ3) is 4.09. The van der Waals surface area contributed by atoms with E-state index in [-0.39, 0.29) is 0 Å². The molecular weight excluding hydrogens is 380 g/mol. The van der Waals surface area contributed by atoms with Gasteiger partial charge >= 0.3 is 0 Å². The molecule has 0 spiro atoms. The van der Waals surface area contributed by atoms with Crippen LogP contribution in [0, 0.1) is 11.3 Å². The van der Waals surface area contributed by atoms with Crippen molar-refractivity contribution in [3.8, 4) is 29.0 Å². The Bertz CT molecular complexity index is 1030. The van der Waals surface area contributed by atoms with Gasteiger partial charge in [0.05, 0.1) is 14.2 Å². The molecular formula is C23H24N4O3. The van der Waals surface area contributed by atoms with E-state index in [1.165, 1.54) is 5.56 Å². The van der Waals surface area contributed by atoms with Gasteiger partial charge < -0.3 is 18.8 Å². The Morgan fingerprint density at radius 3 is 2.40 bits per heavy atom. The molecule has 7 nitrogen and oxygen atoms in total. The van der Waals surface area contributed by atoms with Gasteiger partial charge in [0.2, 0.25) is 17.5 Å². The number of hydrogen-bond acceptors (Lipinski definition) is 7. The number of hydrogen-bond donors (Lipinski definition) is 0. The van der Waals surface area contributed by atoms with Crippen molar-refractivity contribution in [2.75, 3.05) is 45.3 Å². The summed E-state index contributed by atoms with van der Waals surface area (Å²) in [5.41, 5.74) is 2.34. The summed E-state index contributed by atoms with van der Waals surface area (Å²) in [7, 11) is 3.17. The van der Waals surface area contributed by atoms with E-state index < -0.39 is 0 Å². The first-order chi connectivity index (χ1) is 14.7. The summed E-state index contributed by atoms with van der Waals surface area (Å²) in [6, 6.07) is 18.1. The molecule has 0 N–H and O–H groups in total. The molecule has 154 valence electrons. The molecule has 2 aromatic carbocycles. The van der Waals surface area contributed by atoms with Gasteiger partial charge in [-0.15, -0.1) is 0 Å². The van der Waals surface area contributed by atoms with Crippen molar-refractivity contribution in [2.45, 2.75) is 6.54 Å². The van der Waals surface area contributed by atoms with Gasteiger partial charge in [0.1, 0.15) is 6.07 Å². The van der Waals surface area contributed by atoms with Crippen LogP contribution in [-0.4, -0.2) is 50.3 Å². The molecule has 4 rings (SSSR count). The van der Waals surface area contributed by atoms with Gasteiger partial charge in [0.15, 0.2) is 11.5 Å². The van der Waals surface area contributed by atoms with Crippen LogP contribution >= 0.6 is 0 Å². The molecule has 1 aromatic heterocycles. The Labute approximate surface area is 176 Å². The number of benzene rings is 2. The first-order valence-corrected chi connectivity index (χ1v) is 9.86. The van der Waals surface area contributed by atoms with E-state index in [2.05, 4.69) is 45.1 Å². The van der Waals surface area contributed by atoms with Crippen molar-refractivity contribution >= 4 is 5.88 Å². The molecule has 1 aliphatic rings. The Morgan fingerprint density at radius 1 is 1.00 bits per heavy atom. The highest BCUT2D eigenvalue weighted by molar-refractivity contribution is 5.63. The minimum Gasteiger partial charge on any atom is -0.493 e. The quantitative estimate of drug-likeness (QED) is 0.622. The van der Waals surface area contributed by atoms with Crippen LogP contribution < -0.4 is 14.4 Å². The Morgan fingerprint density at radius 2 is 1.73 bits per heavy atom. The lowest BCUT2D eigenvalue weighted by molar-refractivity contribution is 0.246. The third-order valence-corrected chi connectivity index (χ3v) is 5.25. The summed E-state index contributed by atoms with van der Waals surface area (Å²) in [4.78, 5) is 8.91. The van der Waals surface area contributed by atoms with E-state index in [1.54, 1.807) is 26.4 Å². The fraction of sp³-hybridized carbons (Fsp3) is 0.304. The lowest BCUT2D eigenvalue weighted by Gasteiger charge is -2.34. The van der Waals surface area contributed by atoms with Crippen LogP contribution in [0.15, 0.2) is 52.9 Å². The van der Waals surface area contributed by atoms with E-state index in [9.17, 15) is 5.26 Å². The van der Waals surface area contributed by atoms with E-state index in [0.29, 0.717) is 29.0 Å². The molecule has 0 unspecified atom stereocenters. The number of rotatable bonds is 6. The van der Waals surface area contributed by atoms with Crippen LogP contribution in [0.4, 0.5) is 5.88 Å². The average Bonchev–Trinajstić information content (AvgIpc) is 3.24. The molecule has 7 heteroatoms. The number of oxazole rings is 1. The van der Waals surface area contributed by atoms with E-state index in [4.69, 9.17) is 13.9 Å². The fourth-order valence-electron chi connectivity index (χ4n) is 3.64. The van der Waals surface area contributed by atoms with Crippen molar-refractivity contribution in [1.29, 1.82) is 5.26 Å². The van der Waals surface area contributed by atoms with E-state index in [1.807, 2.05) is 12.1 Å². The molecule has 0 radical (unpaired) electrons. The van der Waals surface area contributed by atoms with Gasteiger partial charge in [-0.05, 0) is 23.8 Å². The standard InChI is InChI=1S/C23H24N4O3/c1-28-20-9-8-18(14-21(20)29-2)22-25-19(15-24)23(30-22)27-12-10-26(11-13-27)16-17-6-4-3-5-7-17/h3-9,14H,10-13,16H2,1-2H3. The number of anilines is 1. The lowest BCUT2D eigenvalue weighted by Crippen LogP contribution is -2.46. The van der Waals surface area contributed by atoms with Gasteiger partial charge in [-0.1, -0.05) is 30.3 Å². The molecule has 1 fully saturated rings. The second kappa shape index (κ2) is 8.89. The Balaban J connectivity index is 1.49. The summed E-state index contributed by atoms with van der Waals surface area (Å²) in [5.74, 6) is 2.14. The zero-order chi connectivity index (χ0) is 20.9. The summed E-state index contributed by atoms with van der Waals surface area (Å²) in [6.45, 7) is 4.27. The zero-order valence-electron chi connectivity index (χ0n) is 17.2. The summed E-state index contributed by atoms with van der Waals surface area (Å²) in [6.07, 6.45) is 0. The van der Waals surface area contributed by atoms with Crippen LogP contribution in [0.1, 0.15) is 11.3 Å². The SMILES string of the molecule is COc1ccc(-c2nc(C#N)c(N3CCN(Cc4ccccc4)CC3)o2)cc1OC. The van der Waals surface area contributed by atoms with Gasteiger partial charge in [0, 0.05) is 38.3 Å². The van der Waals surface area contributed by atoms with Crippen LogP contribution in [-0.2, 0) is 6.54 Å². The number of piperazine rings is 1. The van der Waals surface area contributed by atoms with Gasteiger partial charge in [-0.3, -0.25) is 4.90 Å². The molecule has 30 heavy (non-hydrogen) atoms. The summed E-state index contributed by atoms with van der Waals surface area (Å²) < 4.78 is 16.7. The maximum atomic E-state index is 9.58. The molecule has 0 aliphatic carbocycles. The highest BCUT2D eigenvalue weighted by Gasteiger charge is 2.25. The van der Waals surface area contributed by atoms with Crippen LogP contribution in [0.25, 0.3) is 11.5 Å². The summed E-state index contributed by atoms with van der Waals surface area (Å²) >= 11 is 0. The Kier molecular flexibility index (Phi) is 5.87. The first kappa shape index (κ1) is 19.8. The monoisotopic (exact) mass is 404 g/mol. The number of nitriles is 1. The highest BCUT2D eigenvalue weighted by atomic mass is 16.5. The maximum absolute atomic E-state index is 9.58. The predicted molar refractivity (Wildman–Crippen MR) is 114 cm³/mol. The maximum Gasteiger partial charge on any atom is 0.235 e. The van der Waals surface area contributed by atoms with Crippen LogP contribution in [0.2, 0.25) is 0 Å². The molecule has 2 heterocycles. The second-order valence-corrected chi connectivity index (χ2v) is 7.10. The van der Waals surface area contributed by atoms with Gasteiger partial charge in [0.25, 0.3) is 0 Å². The van der Waals surface area contributed by atoms with Crippen LogP contribution in [0.3, 0.4) is 0 Å². The minimum absolute atomic E-state index is 0.302. The predicted octanol–water partition coefficient (Wildman–Crippen LogP) is 3.55. The molecule has 0 bridgehead atoms. The van der Waals surface area contributed by atoms with Crippen molar-refractivity contribution < 1.29 is 13.9 Å². The highest BCUT2D eigenvalue weighted by Crippen LogP contribution is 2.34. The molecule has 0 saturated carbocycles. The van der Waals surface area contributed by atoms with E-state index >= 15 is 0 Å². The average molecular weight is 404 g/mol. The number of ether oxygens (including phenoxy) is 2. The lowest BCUT2D eigenvalue weighted by atomic mass is 10.2. The number of nitrogens with zero attached hydrogens (tertiary/aromatic N) is 4. The number of methoxy groups -OCH3 is 2. The topological polar surface area (TPSA) is 74.8 Å². The van der Waals surface area contributed by atoms with Crippen molar-refractivity contribution in [2.24, 2.45) is 0 Å². The normalized spacial score (nSPS) is 14.4. The molecule has 3 aromatic rings. The van der Waals surface area contributed by atoms with E-state index in [0.717, 1.165) is 38.3 Å². The molecule has 1 saturated heterocycles. The van der Waals surface area contributed by atoms with Crippen molar-refractivity contribution in [1.82, 2.24) is 9.88 Å². The molecule has 1 aliphatic heterocycles. The Hall–Kier alpha value is -3.50. The largest absolute Gasteiger partial charge is 0.493 e. The molecule has 0 atom stereocenters. The minimum atomic E-state index is 0.302. The number of aromatic nitrogens is 1. The van der Waals surface area contributed by atoms with Crippen molar-refractivity contribution in [3.63, 3.8) is 0 Å². The molecule has 0 amide bonds. The van der Waals surface area contributed by atoms with Crippen LogP contribution in [0.5, 0.6) is 11.5 Å². The summed E-state index contributed by atoms with van der Waals surface area (Å²) in [5, 5.41) is 9.58. The first-order valence-electron chi connectivity index (χ1n) is 9.86. The van der Waals surface area contributed by atoms with Gasteiger partial charge in [-0.25, -0.2) is 0 Å². The van der Waals surface area contributed by atoms with Gasteiger partial charge in [-0.2, -0.15) is 10.2 Å². The fourth-order valence-corrected chi connectivity index (χ4v) is 3.64.